The number of aliphatic carboxylic acids is 1. The first-order chi connectivity index (χ1) is 11.6. The highest BCUT2D eigenvalue weighted by Gasteiger charge is 2.29. The van der Waals surface area contributed by atoms with Gasteiger partial charge >= 0.3 is 5.97 Å². The number of piperidine rings is 1. The summed E-state index contributed by atoms with van der Waals surface area (Å²) in [5, 5.41) is 9.34. The van der Waals surface area contributed by atoms with Crippen LogP contribution in [0.1, 0.15) is 18.9 Å². The molecule has 126 valence electrons. The number of benzene rings is 2. The second-order valence-electron chi connectivity index (χ2n) is 6.59. The number of nitrogens with zero attached hydrogens (tertiary/aromatic N) is 1. The monoisotopic (exact) mass is 325 g/mol. The number of rotatable bonds is 5. The first-order valence-corrected chi connectivity index (χ1v) is 8.38. The Balaban J connectivity index is 1.74. The third-order valence-corrected chi connectivity index (χ3v) is 4.42. The average Bonchev–Trinajstić information content (AvgIpc) is 2.57. The number of ether oxygens (including phenoxy) is 1. The highest BCUT2D eigenvalue weighted by molar-refractivity contribution is 5.70. The summed E-state index contributed by atoms with van der Waals surface area (Å²) in [6.07, 6.45) is 0.758. The fourth-order valence-electron chi connectivity index (χ4n) is 3.36. The zero-order chi connectivity index (χ0) is 16.9. The van der Waals surface area contributed by atoms with Crippen LogP contribution in [0.15, 0.2) is 54.6 Å². The van der Waals surface area contributed by atoms with Gasteiger partial charge in [-0.3, -0.25) is 9.69 Å². The normalized spacial score (nSPS) is 21.4. The van der Waals surface area contributed by atoms with Crippen LogP contribution < -0.4 is 4.74 Å². The van der Waals surface area contributed by atoms with Crippen LogP contribution in [0, 0.1) is 11.8 Å². The highest BCUT2D eigenvalue weighted by atomic mass is 16.5. The van der Waals surface area contributed by atoms with Gasteiger partial charge in [-0.1, -0.05) is 43.3 Å². The number of carboxylic acid groups (broad SMARTS) is 1. The lowest BCUT2D eigenvalue weighted by atomic mass is 9.90. The minimum Gasteiger partial charge on any atom is -0.481 e. The topological polar surface area (TPSA) is 49.8 Å². The van der Waals surface area contributed by atoms with E-state index in [1.807, 2.05) is 54.6 Å². The lowest BCUT2D eigenvalue weighted by Crippen LogP contribution is -2.42. The van der Waals surface area contributed by atoms with Gasteiger partial charge in [-0.25, -0.2) is 0 Å². The summed E-state index contributed by atoms with van der Waals surface area (Å²) in [5.41, 5.74) is 1.08. The fourth-order valence-corrected chi connectivity index (χ4v) is 3.36. The van der Waals surface area contributed by atoms with Gasteiger partial charge in [0.15, 0.2) is 0 Å². The first kappa shape index (κ1) is 16.5. The summed E-state index contributed by atoms with van der Waals surface area (Å²) in [6.45, 7) is 4.34. The molecule has 0 bridgehead atoms. The first-order valence-electron chi connectivity index (χ1n) is 8.38. The van der Waals surface area contributed by atoms with Gasteiger partial charge in [0, 0.05) is 25.2 Å². The molecule has 1 saturated heterocycles. The molecule has 2 unspecified atom stereocenters. The van der Waals surface area contributed by atoms with Crippen molar-refractivity contribution in [3.63, 3.8) is 0 Å². The van der Waals surface area contributed by atoms with Crippen molar-refractivity contribution in [1.82, 2.24) is 4.90 Å². The van der Waals surface area contributed by atoms with Crippen molar-refractivity contribution in [1.29, 1.82) is 0 Å². The second kappa shape index (κ2) is 7.49. The van der Waals surface area contributed by atoms with E-state index in [4.69, 9.17) is 4.74 Å². The van der Waals surface area contributed by atoms with E-state index >= 15 is 0 Å². The molecule has 0 amide bonds. The molecule has 1 N–H and O–H groups in total. The molecular weight excluding hydrogens is 302 g/mol. The molecule has 24 heavy (non-hydrogen) atoms. The maximum absolute atomic E-state index is 11.4. The summed E-state index contributed by atoms with van der Waals surface area (Å²) in [6, 6.07) is 17.7. The van der Waals surface area contributed by atoms with E-state index in [0.29, 0.717) is 19.0 Å². The number of hydrogen-bond acceptors (Lipinski definition) is 3. The molecule has 1 fully saturated rings. The Labute approximate surface area is 142 Å². The van der Waals surface area contributed by atoms with Crippen molar-refractivity contribution in [2.75, 3.05) is 13.1 Å². The molecule has 2 aromatic rings. The molecule has 4 heteroatoms. The van der Waals surface area contributed by atoms with Crippen molar-refractivity contribution < 1.29 is 14.6 Å². The van der Waals surface area contributed by atoms with Crippen molar-refractivity contribution in [3.8, 4) is 11.5 Å². The Morgan fingerprint density at radius 3 is 2.58 bits per heavy atom. The Bertz CT molecular complexity index is 686. The molecule has 0 radical (unpaired) electrons. The molecule has 1 heterocycles. The largest absolute Gasteiger partial charge is 0.481 e. The van der Waals surface area contributed by atoms with Gasteiger partial charge in [0.1, 0.15) is 11.5 Å². The second-order valence-corrected chi connectivity index (χ2v) is 6.59. The lowest BCUT2D eigenvalue weighted by molar-refractivity contribution is -0.144. The van der Waals surface area contributed by atoms with E-state index in [-0.39, 0.29) is 5.92 Å². The Hall–Kier alpha value is -2.33. The minimum absolute atomic E-state index is 0.282. The van der Waals surface area contributed by atoms with Gasteiger partial charge in [0.05, 0.1) is 5.92 Å². The third-order valence-electron chi connectivity index (χ3n) is 4.42. The van der Waals surface area contributed by atoms with E-state index in [1.54, 1.807) is 0 Å². The molecule has 4 nitrogen and oxygen atoms in total. The van der Waals surface area contributed by atoms with E-state index in [9.17, 15) is 9.90 Å². The van der Waals surface area contributed by atoms with Crippen molar-refractivity contribution in [2.24, 2.45) is 11.8 Å². The molecule has 2 atom stereocenters. The van der Waals surface area contributed by atoms with Crippen LogP contribution in [0.25, 0.3) is 0 Å². The van der Waals surface area contributed by atoms with Gasteiger partial charge in [0.2, 0.25) is 0 Å². The Morgan fingerprint density at radius 2 is 1.83 bits per heavy atom. The standard InChI is InChI=1S/C20H23NO3/c1-15-11-17(20(22)23)14-21(12-15)13-16-7-5-6-10-19(16)24-18-8-3-2-4-9-18/h2-10,15,17H,11-14H2,1H3,(H,22,23). The summed E-state index contributed by atoms with van der Waals surface area (Å²) in [4.78, 5) is 13.6. The van der Waals surface area contributed by atoms with E-state index in [2.05, 4.69) is 11.8 Å². The third kappa shape index (κ3) is 4.15. The van der Waals surface area contributed by atoms with Crippen LogP contribution in [-0.4, -0.2) is 29.1 Å². The van der Waals surface area contributed by atoms with Gasteiger partial charge in [0.25, 0.3) is 0 Å². The van der Waals surface area contributed by atoms with E-state index in [0.717, 1.165) is 30.0 Å². The summed E-state index contributed by atoms with van der Waals surface area (Å²) < 4.78 is 6.01. The molecule has 0 aliphatic carbocycles. The van der Waals surface area contributed by atoms with Gasteiger partial charge in [-0.15, -0.1) is 0 Å². The van der Waals surface area contributed by atoms with E-state index < -0.39 is 5.97 Å². The van der Waals surface area contributed by atoms with Crippen molar-refractivity contribution in [3.05, 3.63) is 60.2 Å². The molecule has 2 aromatic carbocycles. The predicted molar refractivity (Wildman–Crippen MR) is 93.1 cm³/mol. The maximum atomic E-state index is 11.4. The van der Waals surface area contributed by atoms with E-state index in [1.165, 1.54) is 0 Å². The van der Waals surface area contributed by atoms with Crippen molar-refractivity contribution in [2.45, 2.75) is 19.9 Å². The number of likely N-dealkylation sites (tertiary alicyclic amines) is 1. The SMILES string of the molecule is CC1CC(C(=O)O)CN(Cc2ccccc2Oc2ccccc2)C1. The number of carbonyl (C=O) groups is 1. The minimum atomic E-state index is -0.694. The molecule has 0 aromatic heterocycles. The van der Waals surface area contributed by atoms with Gasteiger partial charge < -0.3 is 9.84 Å². The Morgan fingerprint density at radius 1 is 1.12 bits per heavy atom. The van der Waals surface area contributed by atoms with Crippen molar-refractivity contribution >= 4 is 5.97 Å². The fraction of sp³-hybridized carbons (Fsp3) is 0.350. The Kier molecular flexibility index (Phi) is 5.16. The average molecular weight is 325 g/mol. The van der Waals surface area contributed by atoms with Crippen LogP contribution in [-0.2, 0) is 11.3 Å². The van der Waals surface area contributed by atoms with Gasteiger partial charge in [-0.05, 0) is 30.5 Å². The summed E-state index contributed by atoms with van der Waals surface area (Å²) in [5.74, 6) is 1.05. The van der Waals surface area contributed by atoms with Crippen LogP contribution >= 0.6 is 0 Å². The smallest absolute Gasteiger partial charge is 0.307 e. The van der Waals surface area contributed by atoms with Crippen LogP contribution in [0.2, 0.25) is 0 Å². The number of para-hydroxylation sites is 2. The van der Waals surface area contributed by atoms with Crippen LogP contribution in [0.4, 0.5) is 0 Å². The number of hydrogen-bond donors (Lipinski definition) is 1. The maximum Gasteiger partial charge on any atom is 0.307 e. The van der Waals surface area contributed by atoms with Gasteiger partial charge in [-0.2, -0.15) is 0 Å². The molecule has 3 rings (SSSR count). The zero-order valence-electron chi connectivity index (χ0n) is 13.9. The number of carboxylic acids is 1. The lowest BCUT2D eigenvalue weighted by Gasteiger charge is -2.34. The molecule has 0 saturated carbocycles. The van der Waals surface area contributed by atoms with Crippen LogP contribution in [0.3, 0.4) is 0 Å². The summed E-state index contributed by atoms with van der Waals surface area (Å²) >= 11 is 0. The zero-order valence-corrected chi connectivity index (χ0v) is 13.9. The highest BCUT2D eigenvalue weighted by Crippen LogP contribution is 2.29. The molecular formula is C20H23NO3. The molecule has 1 aliphatic rings. The molecule has 0 spiro atoms. The molecule has 1 aliphatic heterocycles. The van der Waals surface area contributed by atoms with Crippen LogP contribution in [0.5, 0.6) is 11.5 Å². The predicted octanol–water partition coefficient (Wildman–Crippen LogP) is 4.02. The summed E-state index contributed by atoms with van der Waals surface area (Å²) in [7, 11) is 0. The quantitative estimate of drug-likeness (QED) is 0.902.